The maximum absolute atomic E-state index is 6.35. The number of hydrogen-bond acceptors (Lipinski definition) is 3. The topological polar surface area (TPSA) is 38.9 Å². The summed E-state index contributed by atoms with van der Waals surface area (Å²) < 4.78 is 6.35. The molecule has 3 nitrogen and oxygen atoms in total. The molecule has 0 spiro atoms. The van der Waals surface area contributed by atoms with Crippen LogP contribution in [-0.2, 0) is 6.42 Å². The minimum atomic E-state index is -1.46. The first-order valence-electron chi connectivity index (χ1n) is 10.4. The second kappa shape index (κ2) is 7.10. The van der Waals surface area contributed by atoms with Crippen LogP contribution in [0.4, 0.5) is 0 Å². The quantitative estimate of drug-likeness (QED) is 0.371. The summed E-state index contributed by atoms with van der Waals surface area (Å²) in [7, 11) is -1.46. The molecule has 0 aliphatic rings. The van der Waals surface area contributed by atoms with E-state index in [-0.39, 0.29) is 0 Å². The molecule has 0 aliphatic heterocycles. The van der Waals surface area contributed by atoms with E-state index in [2.05, 4.69) is 75.0 Å². The fourth-order valence-electron chi connectivity index (χ4n) is 4.24. The van der Waals surface area contributed by atoms with Gasteiger partial charge in [-0.1, -0.05) is 45.6 Å². The summed E-state index contributed by atoms with van der Waals surface area (Å²) in [5.41, 5.74) is 7.22. The highest BCUT2D eigenvalue weighted by atomic mass is 28.3. The van der Waals surface area contributed by atoms with Gasteiger partial charge in [-0.3, -0.25) is 9.97 Å². The number of aromatic nitrogens is 2. The molecule has 4 rings (SSSR count). The van der Waals surface area contributed by atoms with E-state index >= 15 is 0 Å². The Morgan fingerprint density at radius 2 is 1.76 bits per heavy atom. The van der Waals surface area contributed by atoms with Gasteiger partial charge >= 0.3 is 0 Å². The summed E-state index contributed by atoms with van der Waals surface area (Å²) in [6.45, 7) is 15.8. The van der Waals surface area contributed by atoms with Crippen LogP contribution in [-0.4, -0.2) is 18.0 Å². The zero-order valence-corrected chi connectivity index (χ0v) is 19.6. The van der Waals surface area contributed by atoms with Crippen LogP contribution in [0, 0.1) is 19.8 Å². The van der Waals surface area contributed by atoms with Gasteiger partial charge in [-0.15, -0.1) is 0 Å². The van der Waals surface area contributed by atoms with E-state index in [4.69, 9.17) is 9.40 Å². The SMILES string of the molecule is Cc1cc2c(oc3c(-c4cc(CC(C)C)c([Si](C)(C)C)cn4)cccc32)c(C)n1. The van der Waals surface area contributed by atoms with E-state index in [1.54, 1.807) is 0 Å². The van der Waals surface area contributed by atoms with Crippen LogP contribution in [0.3, 0.4) is 0 Å². The largest absolute Gasteiger partial charge is 0.453 e. The van der Waals surface area contributed by atoms with Crippen LogP contribution < -0.4 is 5.19 Å². The van der Waals surface area contributed by atoms with Crippen molar-refractivity contribution in [3.8, 4) is 11.3 Å². The summed E-state index contributed by atoms with van der Waals surface area (Å²) in [5.74, 6) is 0.610. The molecular formula is C25H30N2OSi. The van der Waals surface area contributed by atoms with E-state index in [9.17, 15) is 0 Å². The number of nitrogens with zero attached hydrogens (tertiary/aromatic N) is 2. The van der Waals surface area contributed by atoms with E-state index in [0.29, 0.717) is 5.92 Å². The third-order valence-corrected chi connectivity index (χ3v) is 7.55. The summed E-state index contributed by atoms with van der Waals surface area (Å²) in [6, 6.07) is 10.8. The molecule has 3 heterocycles. The maximum atomic E-state index is 6.35. The van der Waals surface area contributed by atoms with Crippen molar-refractivity contribution >= 4 is 35.2 Å². The van der Waals surface area contributed by atoms with E-state index < -0.39 is 8.07 Å². The van der Waals surface area contributed by atoms with Crippen molar-refractivity contribution < 1.29 is 4.42 Å². The lowest BCUT2D eigenvalue weighted by atomic mass is 10.0. The molecule has 4 aromatic rings. The number of fused-ring (bicyclic) bond motifs is 3. The third kappa shape index (κ3) is 3.62. The van der Waals surface area contributed by atoms with E-state index in [1.165, 1.54) is 10.8 Å². The lowest BCUT2D eigenvalue weighted by molar-refractivity contribution is 0.648. The van der Waals surface area contributed by atoms with Gasteiger partial charge in [0.25, 0.3) is 0 Å². The van der Waals surface area contributed by atoms with Gasteiger partial charge in [0.05, 0.1) is 19.5 Å². The highest BCUT2D eigenvalue weighted by molar-refractivity contribution is 6.89. The van der Waals surface area contributed by atoms with Crippen molar-refractivity contribution in [1.29, 1.82) is 0 Å². The summed E-state index contributed by atoms with van der Waals surface area (Å²) in [6.07, 6.45) is 3.20. The Kier molecular flexibility index (Phi) is 4.86. The van der Waals surface area contributed by atoms with Crippen LogP contribution in [0.25, 0.3) is 33.2 Å². The molecule has 0 saturated heterocycles. The maximum Gasteiger partial charge on any atom is 0.156 e. The van der Waals surface area contributed by atoms with Crippen molar-refractivity contribution in [2.75, 3.05) is 0 Å². The van der Waals surface area contributed by atoms with Gasteiger partial charge in [-0.2, -0.15) is 0 Å². The molecule has 0 aliphatic carbocycles. The Hall–Kier alpha value is -2.46. The van der Waals surface area contributed by atoms with Crippen LogP contribution in [0.5, 0.6) is 0 Å². The average Bonchev–Trinajstić information content (AvgIpc) is 2.99. The Balaban J connectivity index is 1.96. The Morgan fingerprint density at radius 1 is 1.00 bits per heavy atom. The lowest BCUT2D eigenvalue weighted by Gasteiger charge is -2.22. The zero-order valence-electron chi connectivity index (χ0n) is 18.6. The van der Waals surface area contributed by atoms with Crippen LogP contribution in [0.1, 0.15) is 30.8 Å². The molecule has 0 atom stereocenters. The molecule has 4 heteroatoms. The summed E-state index contributed by atoms with van der Waals surface area (Å²) >= 11 is 0. The number of rotatable bonds is 4. The van der Waals surface area contributed by atoms with E-state index in [0.717, 1.165) is 51.0 Å². The fourth-order valence-corrected chi connectivity index (χ4v) is 5.83. The average molecular weight is 403 g/mol. The highest BCUT2D eigenvalue weighted by Gasteiger charge is 2.23. The molecule has 0 N–H and O–H groups in total. The molecule has 150 valence electrons. The first-order chi connectivity index (χ1) is 13.6. The Morgan fingerprint density at radius 3 is 2.45 bits per heavy atom. The molecule has 1 aromatic carbocycles. The molecule has 0 bridgehead atoms. The van der Waals surface area contributed by atoms with E-state index in [1.807, 2.05) is 13.8 Å². The number of hydrogen-bond donors (Lipinski definition) is 0. The predicted octanol–water partition coefficient (Wildman–Crippen LogP) is 6.40. The third-order valence-electron chi connectivity index (χ3n) is 5.48. The number of pyridine rings is 2. The van der Waals surface area contributed by atoms with Gasteiger partial charge in [0, 0.05) is 28.2 Å². The second-order valence-electron chi connectivity index (χ2n) is 9.58. The van der Waals surface area contributed by atoms with Crippen molar-refractivity contribution in [2.24, 2.45) is 5.92 Å². The van der Waals surface area contributed by atoms with Crippen molar-refractivity contribution in [1.82, 2.24) is 9.97 Å². The first-order valence-corrected chi connectivity index (χ1v) is 13.9. The smallest absolute Gasteiger partial charge is 0.156 e. The normalized spacial score (nSPS) is 12.4. The Bertz CT molecular complexity index is 1220. The Labute approximate surface area is 174 Å². The summed E-state index contributed by atoms with van der Waals surface area (Å²) in [5, 5.41) is 3.72. The number of para-hydroxylation sites is 1. The van der Waals surface area contributed by atoms with Gasteiger partial charge in [0.15, 0.2) is 5.58 Å². The minimum absolute atomic E-state index is 0.610. The van der Waals surface area contributed by atoms with Gasteiger partial charge in [0.1, 0.15) is 5.58 Å². The number of aryl methyl sites for hydroxylation is 2. The summed E-state index contributed by atoms with van der Waals surface area (Å²) in [4.78, 5) is 9.48. The number of benzene rings is 1. The second-order valence-corrected chi connectivity index (χ2v) is 14.6. The lowest BCUT2D eigenvalue weighted by Crippen LogP contribution is -2.40. The molecule has 0 unspecified atom stereocenters. The molecule has 3 aromatic heterocycles. The van der Waals surface area contributed by atoms with Crippen LogP contribution in [0.2, 0.25) is 19.6 Å². The van der Waals surface area contributed by atoms with Gasteiger partial charge in [-0.25, -0.2) is 0 Å². The number of furan rings is 1. The van der Waals surface area contributed by atoms with Crippen LogP contribution >= 0.6 is 0 Å². The molecule has 0 fully saturated rings. The van der Waals surface area contributed by atoms with Gasteiger partial charge in [-0.05, 0) is 55.1 Å². The fraction of sp³-hybridized carbons (Fsp3) is 0.360. The van der Waals surface area contributed by atoms with Crippen molar-refractivity contribution in [3.63, 3.8) is 0 Å². The standard InChI is InChI=1S/C25H30N2OSi/c1-15(2)11-18-13-22(26-14-23(18)29(5,6)7)20-10-8-9-19-21-12-16(3)27-17(4)24(21)28-25(19)20/h8-10,12-15H,11H2,1-7H3. The van der Waals surface area contributed by atoms with Crippen LogP contribution in [0.15, 0.2) is 40.9 Å². The molecular weight excluding hydrogens is 372 g/mol. The molecule has 0 radical (unpaired) electrons. The molecule has 0 amide bonds. The molecule has 0 saturated carbocycles. The van der Waals surface area contributed by atoms with Gasteiger partial charge < -0.3 is 4.42 Å². The first kappa shape index (κ1) is 19.8. The predicted molar refractivity (Wildman–Crippen MR) is 126 cm³/mol. The zero-order chi connectivity index (χ0) is 20.9. The molecule has 29 heavy (non-hydrogen) atoms. The van der Waals surface area contributed by atoms with Crippen molar-refractivity contribution in [2.45, 2.75) is 53.8 Å². The monoisotopic (exact) mass is 402 g/mol. The van der Waals surface area contributed by atoms with Gasteiger partial charge in [0.2, 0.25) is 0 Å². The minimum Gasteiger partial charge on any atom is -0.453 e. The van der Waals surface area contributed by atoms with Crippen molar-refractivity contribution in [3.05, 3.63) is 53.5 Å². The highest BCUT2D eigenvalue weighted by Crippen LogP contribution is 2.36.